The van der Waals surface area contributed by atoms with Crippen molar-refractivity contribution in [2.24, 2.45) is 0 Å². The predicted octanol–water partition coefficient (Wildman–Crippen LogP) is 2.10. The maximum Gasteiger partial charge on any atom is 0.387 e. The highest BCUT2D eigenvalue weighted by Crippen LogP contribution is 2.32. The summed E-state index contributed by atoms with van der Waals surface area (Å²) in [5.74, 6) is -1.74. The van der Waals surface area contributed by atoms with Crippen molar-refractivity contribution in [2.75, 3.05) is 5.75 Å². The van der Waals surface area contributed by atoms with Crippen LogP contribution in [0.3, 0.4) is 0 Å². The van der Waals surface area contributed by atoms with E-state index in [4.69, 9.17) is 0 Å². The number of carbonyl (C=O) groups excluding carboxylic acids is 1. The molecule has 4 nitrogen and oxygen atoms in total. The third kappa shape index (κ3) is 4.69. The van der Waals surface area contributed by atoms with Crippen molar-refractivity contribution in [3.63, 3.8) is 0 Å². The Kier molecular flexibility index (Phi) is 6.31. The number of hydrogen-bond donors (Lipinski definition) is 2. The highest BCUT2D eigenvalue weighted by molar-refractivity contribution is 8.13. The van der Waals surface area contributed by atoms with E-state index in [1.807, 2.05) is 0 Å². The monoisotopic (exact) mass is 310 g/mol. The molecule has 1 aromatic carbocycles. The van der Waals surface area contributed by atoms with E-state index in [9.17, 15) is 28.2 Å². The fraction of sp³-hybridized carbons (Fsp3) is 0.417. The summed E-state index contributed by atoms with van der Waals surface area (Å²) in [7, 11) is 0. The number of aliphatic hydroxyl groups is 2. The Hall–Kier alpha value is -1.25. The van der Waals surface area contributed by atoms with E-state index < -0.39 is 35.9 Å². The van der Waals surface area contributed by atoms with Gasteiger partial charge in [-0.2, -0.15) is 8.78 Å². The van der Waals surface area contributed by atoms with Crippen LogP contribution in [0.15, 0.2) is 18.2 Å². The van der Waals surface area contributed by atoms with Gasteiger partial charge in [0.05, 0.1) is 11.7 Å². The number of thioether (sulfide) groups is 1. The van der Waals surface area contributed by atoms with Crippen LogP contribution in [0.5, 0.6) is 5.75 Å². The Morgan fingerprint density at radius 3 is 2.60 bits per heavy atom. The van der Waals surface area contributed by atoms with Crippen LogP contribution >= 0.6 is 11.8 Å². The van der Waals surface area contributed by atoms with Crippen molar-refractivity contribution in [1.82, 2.24) is 0 Å². The van der Waals surface area contributed by atoms with Gasteiger partial charge < -0.3 is 14.9 Å². The van der Waals surface area contributed by atoms with Crippen LogP contribution in [0.2, 0.25) is 0 Å². The van der Waals surface area contributed by atoms with Crippen molar-refractivity contribution >= 4 is 16.9 Å². The maximum absolute atomic E-state index is 13.6. The number of rotatable bonds is 6. The van der Waals surface area contributed by atoms with Crippen LogP contribution in [0.25, 0.3) is 0 Å². The minimum Gasteiger partial charge on any atom is -0.434 e. The predicted molar refractivity (Wildman–Crippen MR) is 67.1 cm³/mol. The number of halogens is 3. The van der Waals surface area contributed by atoms with Crippen LogP contribution in [-0.4, -0.2) is 33.8 Å². The van der Waals surface area contributed by atoms with Gasteiger partial charge in [-0.3, -0.25) is 4.79 Å². The first-order chi connectivity index (χ1) is 9.32. The Balaban J connectivity index is 2.95. The van der Waals surface area contributed by atoms with Gasteiger partial charge in [0, 0.05) is 12.7 Å². The summed E-state index contributed by atoms with van der Waals surface area (Å²) in [5, 5.41) is 19.2. The van der Waals surface area contributed by atoms with E-state index in [1.165, 1.54) is 6.92 Å². The lowest BCUT2D eigenvalue weighted by atomic mass is 10.0. The third-order valence-corrected chi connectivity index (χ3v) is 3.26. The van der Waals surface area contributed by atoms with E-state index in [-0.39, 0.29) is 10.9 Å². The number of carbonyl (C=O) groups is 1. The lowest BCUT2D eigenvalue weighted by Gasteiger charge is -2.20. The Labute approximate surface area is 117 Å². The Morgan fingerprint density at radius 1 is 1.40 bits per heavy atom. The standard InChI is InChI=1S/C12H13F3O4S/c1-6(16)20-5-8(17)11(18)10-7(13)3-2-4-9(10)19-12(14)15/h2-4,8,11-12,17-18H,5H2,1H3. The molecule has 0 fully saturated rings. The molecule has 0 heterocycles. The molecule has 0 spiro atoms. The zero-order valence-corrected chi connectivity index (χ0v) is 11.2. The van der Waals surface area contributed by atoms with Gasteiger partial charge in [-0.15, -0.1) is 0 Å². The lowest BCUT2D eigenvalue weighted by molar-refractivity contribution is -0.109. The van der Waals surface area contributed by atoms with Crippen LogP contribution in [0, 0.1) is 5.82 Å². The van der Waals surface area contributed by atoms with E-state index >= 15 is 0 Å². The van der Waals surface area contributed by atoms with Crippen molar-refractivity contribution in [3.05, 3.63) is 29.6 Å². The zero-order chi connectivity index (χ0) is 15.3. The molecule has 0 aliphatic rings. The molecule has 112 valence electrons. The number of benzene rings is 1. The van der Waals surface area contributed by atoms with Crippen molar-refractivity contribution in [1.29, 1.82) is 0 Å². The van der Waals surface area contributed by atoms with Crippen molar-refractivity contribution < 1.29 is 32.9 Å². The summed E-state index contributed by atoms with van der Waals surface area (Å²) in [6.07, 6.45) is -3.28. The second kappa shape index (κ2) is 7.51. The van der Waals surface area contributed by atoms with Crippen LogP contribution < -0.4 is 4.74 Å². The summed E-state index contributed by atoms with van der Waals surface area (Å²) in [6, 6.07) is 3.14. The fourth-order valence-electron chi connectivity index (χ4n) is 1.49. The molecular formula is C12H13F3O4S. The Morgan fingerprint density at radius 2 is 2.05 bits per heavy atom. The molecule has 0 radical (unpaired) electrons. The minimum atomic E-state index is -3.19. The molecule has 2 N–H and O–H groups in total. The summed E-state index contributed by atoms with van der Waals surface area (Å²) < 4.78 is 42.2. The maximum atomic E-state index is 13.6. The largest absolute Gasteiger partial charge is 0.434 e. The van der Waals surface area contributed by atoms with E-state index in [2.05, 4.69) is 4.74 Å². The average Bonchev–Trinajstić information content (AvgIpc) is 2.34. The summed E-state index contributed by atoms with van der Waals surface area (Å²) in [4.78, 5) is 10.8. The van der Waals surface area contributed by atoms with Gasteiger partial charge in [0.1, 0.15) is 17.7 Å². The van der Waals surface area contributed by atoms with Gasteiger partial charge in [-0.05, 0) is 12.1 Å². The van der Waals surface area contributed by atoms with E-state index in [0.717, 1.165) is 30.0 Å². The molecule has 0 amide bonds. The van der Waals surface area contributed by atoms with Crippen molar-refractivity contribution in [3.8, 4) is 5.75 Å². The van der Waals surface area contributed by atoms with Crippen LogP contribution in [0.4, 0.5) is 13.2 Å². The fourth-order valence-corrected chi connectivity index (χ4v) is 2.08. The number of hydrogen-bond acceptors (Lipinski definition) is 5. The quantitative estimate of drug-likeness (QED) is 0.842. The topological polar surface area (TPSA) is 66.8 Å². The van der Waals surface area contributed by atoms with Gasteiger partial charge in [0.2, 0.25) is 0 Å². The summed E-state index contributed by atoms with van der Waals surface area (Å²) in [5.41, 5.74) is -0.565. The van der Waals surface area contributed by atoms with Crippen LogP contribution in [-0.2, 0) is 4.79 Å². The van der Waals surface area contributed by atoms with Crippen LogP contribution in [0.1, 0.15) is 18.6 Å². The summed E-state index contributed by atoms with van der Waals surface area (Å²) in [6.45, 7) is -1.93. The Bertz CT molecular complexity index is 470. The molecule has 8 heteroatoms. The number of alkyl halides is 2. The summed E-state index contributed by atoms with van der Waals surface area (Å²) >= 11 is 0.728. The molecule has 20 heavy (non-hydrogen) atoms. The highest BCUT2D eigenvalue weighted by Gasteiger charge is 2.26. The zero-order valence-electron chi connectivity index (χ0n) is 10.4. The molecule has 0 aromatic heterocycles. The van der Waals surface area contributed by atoms with E-state index in [0.29, 0.717) is 0 Å². The first-order valence-electron chi connectivity index (χ1n) is 5.55. The SMILES string of the molecule is CC(=O)SCC(O)C(O)c1c(F)cccc1OC(F)F. The highest BCUT2D eigenvalue weighted by atomic mass is 32.2. The van der Waals surface area contributed by atoms with Gasteiger partial charge in [0.25, 0.3) is 0 Å². The van der Waals surface area contributed by atoms with Gasteiger partial charge in [-0.25, -0.2) is 4.39 Å². The molecule has 0 aliphatic heterocycles. The molecular weight excluding hydrogens is 297 g/mol. The van der Waals surface area contributed by atoms with Gasteiger partial charge in [0.15, 0.2) is 5.12 Å². The molecule has 1 rings (SSSR count). The van der Waals surface area contributed by atoms with E-state index in [1.54, 1.807) is 0 Å². The van der Waals surface area contributed by atoms with Gasteiger partial charge >= 0.3 is 6.61 Å². The number of aliphatic hydroxyl groups excluding tert-OH is 2. The lowest BCUT2D eigenvalue weighted by Crippen LogP contribution is -2.23. The number of ether oxygens (including phenoxy) is 1. The normalized spacial score (nSPS) is 14.2. The molecule has 0 saturated carbocycles. The first kappa shape index (κ1) is 16.8. The molecule has 0 bridgehead atoms. The van der Waals surface area contributed by atoms with Gasteiger partial charge in [-0.1, -0.05) is 17.8 Å². The minimum absolute atomic E-state index is 0.195. The second-order valence-corrected chi connectivity index (χ2v) is 5.04. The molecule has 0 saturated heterocycles. The molecule has 1 aromatic rings. The smallest absolute Gasteiger partial charge is 0.387 e. The van der Waals surface area contributed by atoms with Crippen molar-refractivity contribution in [2.45, 2.75) is 25.7 Å². The molecule has 0 aliphatic carbocycles. The molecule has 2 unspecified atom stereocenters. The average molecular weight is 310 g/mol. The first-order valence-corrected chi connectivity index (χ1v) is 6.54. The third-order valence-electron chi connectivity index (χ3n) is 2.35. The second-order valence-electron chi connectivity index (χ2n) is 3.84. The molecule has 2 atom stereocenters.